The van der Waals surface area contributed by atoms with Crippen LogP contribution >= 0.6 is 11.6 Å². The van der Waals surface area contributed by atoms with Gasteiger partial charge in [-0.2, -0.15) is 0 Å². The van der Waals surface area contributed by atoms with Crippen LogP contribution in [-0.2, 0) is 11.8 Å². The summed E-state index contributed by atoms with van der Waals surface area (Å²) in [6.07, 6.45) is 3.46. The van der Waals surface area contributed by atoms with Gasteiger partial charge < -0.3 is 14.6 Å². The van der Waals surface area contributed by atoms with Gasteiger partial charge in [-0.05, 0) is 36.8 Å². The normalized spacial score (nSPS) is 18.1. The highest BCUT2D eigenvalue weighted by Gasteiger charge is 2.41. The van der Waals surface area contributed by atoms with Gasteiger partial charge in [-0.1, -0.05) is 29.8 Å². The highest BCUT2D eigenvalue weighted by Crippen LogP contribution is 2.43. The average Bonchev–Trinajstić information content (AvgIpc) is 3.13. The largest absolute Gasteiger partial charge is 0.462 e. The van der Waals surface area contributed by atoms with Crippen molar-refractivity contribution in [2.75, 3.05) is 11.9 Å². The summed E-state index contributed by atoms with van der Waals surface area (Å²) < 4.78 is 6.99. The Morgan fingerprint density at radius 1 is 1.24 bits per heavy atom. The molecule has 2 atom stereocenters. The number of nitrogens with one attached hydrogen (secondary N) is 1. The van der Waals surface area contributed by atoms with E-state index >= 15 is 0 Å². The van der Waals surface area contributed by atoms with Crippen molar-refractivity contribution in [2.45, 2.75) is 18.9 Å². The molecule has 0 amide bonds. The standard InChI is InChI=1S/C22H20ClN3O3/c1-3-29-22(28)15-5-4-6-16-17(15)20(27)18(21-24-11-12-26(21)2)19(25-16)13-7-9-14(23)10-8-13/h4-12,18-19,25H,3H2,1-2H3/t18-,19-/m0/s1. The van der Waals surface area contributed by atoms with Crippen LogP contribution in [0.2, 0.25) is 5.02 Å². The summed E-state index contributed by atoms with van der Waals surface area (Å²) in [4.78, 5) is 30.6. The minimum atomic E-state index is -0.612. The van der Waals surface area contributed by atoms with Crippen LogP contribution in [0.25, 0.3) is 0 Å². The number of carbonyl (C=O) groups excluding carboxylic acids is 2. The number of rotatable bonds is 4. The molecule has 0 aliphatic carbocycles. The molecule has 7 heteroatoms. The van der Waals surface area contributed by atoms with Gasteiger partial charge in [-0.3, -0.25) is 4.79 Å². The summed E-state index contributed by atoms with van der Waals surface area (Å²) in [5.74, 6) is -0.675. The molecule has 0 unspecified atom stereocenters. The van der Waals surface area contributed by atoms with E-state index in [-0.39, 0.29) is 24.0 Å². The number of aromatic nitrogens is 2. The summed E-state index contributed by atoms with van der Waals surface area (Å²) in [5, 5.41) is 4.06. The number of hydrogen-bond donors (Lipinski definition) is 1. The fourth-order valence-corrected chi connectivity index (χ4v) is 3.89. The second-order valence-electron chi connectivity index (χ2n) is 6.86. The number of halogens is 1. The molecule has 4 rings (SSSR count). The number of hydrogen-bond acceptors (Lipinski definition) is 5. The summed E-state index contributed by atoms with van der Waals surface area (Å²) in [5.41, 5.74) is 2.11. The summed E-state index contributed by atoms with van der Waals surface area (Å²) in [7, 11) is 1.85. The molecule has 1 N–H and O–H groups in total. The van der Waals surface area contributed by atoms with E-state index in [0.717, 1.165) is 5.56 Å². The van der Waals surface area contributed by atoms with Gasteiger partial charge in [-0.15, -0.1) is 0 Å². The lowest BCUT2D eigenvalue weighted by Gasteiger charge is -2.34. The highest BCUT2D eigenvalue weighted by molar-refractivity contribution is 6.30. The Balaban J connectivity index is 1.88. The molecule has 2 aromatic carbocycles. The zero-order valence-electron chi connectivity index (χ0n) is 16.1. The van der Waals surface area contributed by atoms with Crippen molar-refractivity contribution >= 4 is 29.0 Å². The SMILES string of the molecule is CCOC(=O)c1cccc2c1C(=O)[C@@H](c1nccn1C)[C@H](c1ccc(Cl)cc1)N2. The summed E-state index contributed by atoms with van der Waals surface area (Å²) >= 11 is 6.05. The average molecular weight is 410 g/mol. The molecule has 0 spiro atoms. The van der Waals surface area contributed by atoms with Gasteiger partial charge in [-0.25, -0.2) is 9.78 Å². The molecule has 0 saturated carbocycles. The Morgan fingerprint density at radius 2 is 2.00 bits per heavy atom. The fraction of sp³-hybridized carbons (Fsp3) is 0.227. The quantitative estimate of drug-likeness (QED) is 0.647. The second-order valence-corrected chi connectivity index (χ2v) is 7.30. The number of ketones is 1. The number of imidazole rings is 1. The predicted octanol–water partition coefficient (Wildman–Crippen LogP) is 4.38. The zero-order chi connectivity index (χ0) is 20.5. The zero-order valence-corrected chi connectivity index (χ0v) is 16.8. The monoisotopic (exact) mass is 409 g/mol. The molecule has 29 heavy (non-hydrogen) atoms. The molecule has 0 fully saturated rings. The molecule has 6 nitrogen and oxygen atoms in total. The first-order valence-corrected chi connectivity index (χ1v) is 9.72. The minimum absolute atomic E-state index is 0.170. The number of ether oxygens (including phenoxy) is 1. The molecule has 1 aliphatic heterocycles. The van der Waals surface area contributed by atoms with Gasteiger partial charge in [0, 0.05) is 30.2 Å². The first-order chi connectivity index (χ1) is 14.0. The highest BCUT2D eigenvalue weighted by atomic mass is 35.5. The van der Waals surface area contributed by atoms with E-state index in [1.54, 1.807) is 49.6 Å². The molecule has 2 heterocycles. The molecule has 0 radical (unpaired) electrons. The number of anilines is 1. The van der Waals surface area contributed by atoms with Gasteiger partial charge in [0.25, 0.3) is 0 Å². The number of Topliss-reactive ketones (excluding diaryl/α,β-unsaturated/α-hetero) is 1. The van der Waals surface area contributed by atoms with E-state index in [1.807, 2.05) is 23.7 Å². The van der Waals surface area contributed by atoms with Crippen molar-refractivity contribution in [3.8, 4) is 0 Å². The smallest absolute Gasteiger partial charge is 0.338 e. The van der Waals surface area contributed by atoms with Crippen molar-refractivity contribution in [3.63, 3.8) is 0 Å². The number of carbonyl (C=O) groups is 2. The number of fused-ring (bicyclic) bond motifs is 1. The van der Waals surface area contributed by atoms with E-state index < -0.39 is 11.9 Å². The number of nitrogens with zero attached hydrogens (tertiary/aromatic N) is 2. The van der Waals surface area contributed by atoms with E-state index in [0.29, 0.717) is 22.1 Å². The lowest BCUT2D eigenvalue weighted by Crippen LogP contribution is -2.34. The maximum atomic E-state index is 13.7. The van der Waals surface area contributed by atoms with E-state index in [9.17, 15) is 9.59 Å². The molecule has 0 bridgehead atoms. The van der Waals surface area contributed by atoms with Crippen LogP contribution in [0, 0.1) is 0 Å². The van der Waals surface area contributed by atoms with Gasteiger partial charge in [0.15, 0.2) is 5.78 Å². The Labute approximate surface area is 173 Å². The van der Waals surface area contributed by atoms with Crippen molar-refractivity contribution in [2.24, 2.45) is 7.05 Å². The first kappa shape index (κ1) is 19.2. The summed E-state index contributed by atoms with van der Waals surface area (Å²) in [6, 6.07) is 12.2. The number of benzene rings is 2. The van der Waals surface area contributed by atoms with Crippen LogP contribution in [0.4, 0.5) is 5.69 Å². The minimum Gasteiger partial charge on any atom is -0.462 e. The van der Waals surface area contributed by atoms with Crippen LogP contribution in [0.15, 0.2) is 54.9 Å². The molecule has 3 aromatic rings. The van der Waals surface area contributed by atoms with Crippen LogP contribution in [0.5, 0.6) is 0 Å². The Hall–Kier alpha value is -3.12. The maximum absolute atomic E-state index is 13.7. The third kappa shape index (κ3) is 3.40. The van der Waals surface area contributed by atoms with E-state index in [1.165, 1.54) is 0 Å². The number of aryl methyl sites for hydroxylation is 1. The van der Waals surface area contributed by atoms with Crippen molar-refractivity contribution in [1.82, 2.24) is 9.55 Å². The third-order valence-electron chi connectivity index (χ3n) is 5.10. The van der Waals surface area contributed by atoms with Crippen molar-refractivity contribution < 1.29 is 14.3 Å². The van der Waals surface area contributed by atoms with Gasteiger partial charge in [0.1, 0.15) is 11.7 Å². The predicted molar refractivity (Wildman–Crippen MR) is 110 cm³/mol. The van der Waals surface area contributed by atoms with Crippen molar-refractivity contribution in [3.05, 3.63) is 82.4 Å². The molecular formula is C22H20ClN3O3. The van der Waals surface area contributed by atoms with Gasteiger partial charge in [0.05, 0.1) is 23.8 Å². The lowest BCUT2D eigenvalue weighted by atomic mass is 9.80. The second kappa shape index (κ2) is 7.72. The topological polar surface area (TPSA) is 73.2 Å². The Morgan fingerprint density at radius 3 is 2.66 bits per heavy atom. The van der Waals surface area contributed by atoms with E-state index in [4.69, 9.17) is 16.3 Å². The Kier molecular flexibility index (Phi) is 5.11. The van der Waals surface area contributed by atoms with Gasteiger partial charge in [0.2, 0.25) is 0 Å². The van der Waals surface area contributed by atoms with Crippen LogP contribution < -0.4 is 5.32 Å². The first-order valence-electron chi connectivity index (χ1n) is 9.34. The third-order valence-corrected chi connectivity index (χ3v) is 5.35. The summed E-state index contributed by atoms with van der Waals surface area (Å²) in [6.45, 7) is 1.97. The number of esters is 1. The maximum Gasteiger partial charge on any atom is 0.338 e. The van der Waals surface area contributed by atoms with Crippen LogP contribution in [-0.4, -0.2) is 27.9 Å². The lowest BCUT2D eigenvalue weighted by molar-refractivity contribution is 0.0522. The van der Waals surface area contributed by atoms with Gasteiger partial charge >= 0.3 is 5.97 Å². The molecule has 1 aliphatic rings. The fourth-order valence-electron chi connectivity index (χ4n) is 3.76. The van der Waals surface area contributed by atoms with Crippen molar-refractivity contribution in [1.29, 1.82) is 0 Å². The van der Waals surface area contributed by atoms with Crippen LogP contribution in [0.1, 0.15) is 51.0 Å². The molecule has 148 valence electrons. The molecule has 0 saturated heterocycles. The Bertz CT molecular complexity index is 1080. The molecular weight excluding hydrogens is 390 g/mol. The van der Waals surface area contributed by atoms with E-state index in [2.05, 4.69) is 10.3 Å². The van der Waals surface area contributed by atoms with Crippen LogP contribution in [0.3, 0.4) is 0 Å². The molecule has 1 aromatic heterocycles.